The Morgan fingerprint density at radius 2 is 1.90 bits per heavy atom. The Kier molecular flexibility index (Phi) is 5.32. The number of ether oxygens (including phenoxy) is 1. The van der Waals surface area contributed by atoms with Crippen LogP contribution in [0.4, 0.5) is 0 Å². The molecule has 1 aliphatic rings. The highest BCUT2D eigenvalue weighted by molar-refractivity contribution is 5.36. The van der Waals surface area contributed by atoms with Crippen LogP contribution in [0.1, 0.15) is 57.6 Å². The lowest BCUT2D eigenvalue weighted by Gasteiger charge is -2.38. The van der Waals surface area contributed by atoms with Gasteiger partial charge in [0.2, 0.25) is 0 Å². The predicted molar refractivity (Wildman–Crippen MR) is 90.0 cm³/mol. The van der Waals surface area contributed by atoms with Crippen LogP contribution in [-0.2, 0) is 6.42 Å². The Bertz CT molecular complexity index is 463. The molecule has 0 spiro atoms. The van der Waals surface area contributed by atoms with Crippen LogP contribution >= 0.6 is 0 Å². The normalized spacial score (nSPS) is 21.0. The maximum atomic E-state index is 5.51. The Morgan fingerprint density at radius 3 is 2.48 bits per heavy atom. The number of rotatable bonds is 6. The van der Waals surface area contributed by atoms with E-state index in [0.29, 0.717) is 5.92 Å². The van der Waals surface area contributed by atoms with Crippen molar-refractivity contribution in [1.82, 2.24) is 0 Å². The van der Waals surface area contributed by atoms with Crippen molar-refractivity contribution in [1.29, 1.82) is 0 Å². The Labute approximate surface area is 130 Å². The summed E-state index contributed by atoms with van der Waals surface area (Å²) < 4.78 is 6.81. The first kappa shape index (κ1) is 16.4. The second-order valence-electron chi connectivity index (χ2n) is 6.84. The summed E-state index contributed by atoms with van der Waals surface area (Å²) in [5.74, 6) is 1.57. The summed E-state index contributed by atoms with van der Waals surface area (Å²) in [7, 11) is 1.78. The molecule has 1 unspecified atom stereocenters. The molecule has 1 heterocycles. The molecule has 0 bridgehead atoms. The zero-order valence-electron chi connectivity index (χ0n) is 14.5. The molecular formula is C19H32NO+. The van der Waals surface area contributed by atoms with Crippen molar-refractivity contribution in [3.8, 4) is 5.75 Å². The maximum absolute atomic E-state index is 5.51. The number of methoxy groups -OCH3 is 1. The Morgan fingerprint density at radius 1 is 1.19 bits per heavy atom. The summed E-state index contributed by atoms with van der Waals surface area (Å²) in [5.41, 5.74) is 2.85. The second kappa shape index (κ2) is 6.83. The molecule has 1 aromatic rings. The zero-order valence-corrected chi connectivity index (χ0v) is 14.5. The minimum Gasteiger partial charge on any atom is -0.497 e. The van der Waals surface area contributed by atoms with E-state index in [4.69, 9.17) is 4.74 Å². The van der Waals surface area contributed by atoms with Crippen molar-refractivity contribution >= 4 is 0 Å². The fraction of sp³-hybridized carbons (Fsp3) is 0.684. The van der Waals surface area contributed by atoms with E-state index in [1.54, 1.807) is 7.11 Å². The summed E-state index contributed by atoms with van der Waals surface area (Å²) in [6.07, 6.45) is 3.95. The second-order valence-corrected chi connectivity index (χ2v) is 6.84. The minimum absolute atomic E-state index is 0.555. The maximum Gasteiger partial charge on any atom is 0.119 e. The van der Waals surface area contributed by atoms with Crippen LogP contribution in [0, 0.1) is 0 Å². The summed E-state index contributed by atoms with van der Waals surface area (Å²) in [6.45, 7) is 13.1. The molecule has 0 amide bonds. The van der Waals surface area contributed by atoms with Crippen LogP contribution in [0.2, 0.25) is 0 Å². The summed E-state index contributed by atoms with van der Waals surface area (Å²) in [6, 6.07) is 7.60. The molecule has 0 aromatic heterocycles. The lowest BCUT2D eigenvalue weighted by molar-refractivity contribution is -0.936. The van der Waals surface area contributed by atoms with Crippen LogP contribution in [0.15, 0.2) is 18.2 Å². The van der Waals surface area contributed by atoms with Crippen LogP contribution in [0.25, 0.3) is 0 Å². The highest BCUT2D eigenvalue weighted by atomic mass is 16.5. The molecule has 1 aromatic carbocycles. The standard InChI is InChI=1S/C19H32NO/c1-6-20(7-2)10-8-9-18(20)12-16-11-17(15(3)4)14-19(13-16)21-5/h11,13-15,18H,6-10,12H2,1-5H3/q+1. The lowest BCUT2D eigenvalue weighted by atomic mass is 9.96. The van der Waals surface area contributed by atoms with Gasteiger partial charge in [-0.3, -0.25) is 0 Å². The first-order valence-corrected chi connectivity index (χ1v) is 8.58. The average molecular weight is 290 g/mol. The van der Waals surface area contributed by atoms with E-state index < -0.39 is 0 Å². The van der Waals surface area contributed by atoms with Crippen molar-refractivity contribution in [3.05, 3.63) is 29.3 Å². The van der Waals surface area contributed by atoms with Gasteiger partial charge in [-0.2, -0.15) is 0 Å². The Balaban J connectivity index is 2.24. The third kappa shape index (κ3) is 3.42. The van der Waals surface area contributed by atoms with Crippen LogP contribution in [0.3, 0.4) is 0 Å². The molecule has 0 saturated carbocycles. The highest BCUT2D eigenvalue weighted by Gasteiger charge is 2.38. The van der Waals surface area contributed by atoms with E-state index in [9.17, 15) is 0 Å². The third-order valence-corrected chi connectivity index (χ3v) is 5.54. The summed E-state index contributed by atoms with van der Waals surface area (Å²) >= 11 is 0. The van der Waals surface area contributed by atoms with Gasteiger partial charge in [-0.1, -0.05) is 19.9 Å². The minimum atomic E-state index is 0.555. The van der Waals surface area contributed by atoms with Gasteiger partial charge in [-0.25, -0.2) is 0 Å². The molecule has 2 nitrogen and oxygen atoms in total. The molecule has 21 heavy (non-hydrogen) atoms. The molecule has 0 radical (unpaired) electrons. The fourth-order valence-electron chi connectivity index (χ4n) is 3.98. The molecule has 1 atom stereocenters. The van der Waals surface area contributed by atoms with Crippen LogP contribution in [-0.4, -0.2) is 37.3 Å². The van der Waals surface area contributed by atoms with Crippen molar-refractivity contribution in [2.75, 3.05) is 26.7 Å². The van der Waals surface area contributed by atoms with Gasteiger partial charge in [0.1, 0.15) is 5.75 Å². The van der Waals surface area contributed by atoms with Crippen LogP contribution < -0.4 is 4.74 Å². The van der Waals surface area contributed by atoms with E-state index in [-0.39, 0.29) is 0 Å². The van der Waals surface area contributed by atoms with Crippen molar-refractivity contribution in [3.63, 3.8) is 0 Å². The largest absolute Gasteiger partial charge is 0.497 e. The topological polar surface area (TPSA) is 9.23 Å². The average Bonchev–Trinajstić information content (AvgIpc) is 2.90. The molecular weight excluding hydrogens is 258 g/mol. The van der Waals surface area contributed by atoms with Crippen molar-refractivity contribution in [2.24, 2.45) is 0 Å². The third-order valence-electron chi connectivity index (χ3n) is 5.54. The van der Waals surface area contributed by atoms with E-state index >= 15 is 0 Å². The van der Waals surface area contributed by atoms with E-state index in [2.05, 4.69) is 45.9 Å². The SMILES string of the molecule is CC[N+]1(CC)CCCC1Cc1cc(OC)cc(C(C)C)c1. The predicted octanol–water partition coefficient (Wildman–Crippen LogP) is 4.38. The molecule has 0 aliphatic carbocycles. The first-order valence-electron chi connectivity index (χ1n) is 8.58. The van der Waals surface area contributed by atoms with Gasteiger partial charge in [0.15, 0.2) is 0 Å². The number of likely N-dealkylation sites (tertiary alicyclic amines) is 1. The van der Waals surface area contributed by atoms with Gasteiger partial charge in [0, 0.05) is 19.3 Å². The number of nitrogens with zero attached hydrogens (tertiary/aromatic N) is 1. The van der Waals surface area contributed by atoms with Crippen molar-refractivity contribution < 1.29 is 9.22 Å². The molecule has 1 fully saturated rings. The van der Waals surface area contributed by atoms with E-state index in [1.807, 2.05) is 0 Å². The zero-order chi connectivity index (χ0) is 15.5. The molecule has 0 N–H and O–H groups in total. The number of hydrogen-bond acceptors (Lipinski definition) is 1. The number of benzene rings is 1. The first-order chi connectivity index (χ1) is 10.0. The number of quaternary nitrogens is 1. The van der Waals surface area contributed by atoms with Gasteiger partial charge >= 0.3 is 0 Å². The highest BCUT2D eigenvalue weighted by Crippen LogP contribution is 2.31. The summed E-state index contributed by atoms with van der Waals surface area (Å²) in [4.78, 5) is 0. The van der Waals surface area contributed by atoms with Gasteiger partial charge < -0.3 is 9.22 Å². The molecule has 1 aliphatic heterocycles. The molecule has 2 rings (SSSR count). The fourth-order valence-corrected chi connectivity index (χ4v) is 3.98. The van der Waals surface area contributed by atoms with Gasteiger partial charge in [-0.05, 0) is 43.0 Å². The molecule has 118 valence electrons. The quantitative estimate of drug-likeness (QED) is 0.706. The monoisotopic (exact) mass is 290 g/mol. The summed E-state index contributed by atoms with van der Waals surface area (Å²) in [5, 5.41) is 0. The number of hydrogen-bond donors (Lipinski definition) is 0. The van der Waals surface area contributed by atoms with Gasteiger partial charge in [0.25, 0.3) is 0 Å². The van der Waals surface area contributed by atoms with Gasteiger partial charge in [0.05, 0.1) is 32.8 Å². The van der Waals surface area contributed by atoms with E-state index in [0.717, 1.165) is 11.8 Å². The Hall–Kier alpha value is -1.02. The van der Waals surface area contributed by atoms with Crippen molar-refractivity contribution in [2.45, 2.75) is 58.9 Å². The van der Waals surface area contributed by atoms with E-state index in [1.165, 1.54) is 54.5 Å². The lowest BCUT2D eigenvalue weighted by Crippen LogP contribution is -2.52. The van der Waals surface area contributed by atoms with Gasteiger partial charge in [-0.15, -0.1) is 0 Å². The van der Waals surface area contributed by atoms with Crippen LogP contribution in [0.5, 0.6) is 5.75 Å². The number of likely N-dealkylation sites (N-methyl/N-ethyl adjacent to an activating group) is 1. The molecule has 2 heteroatoms. The molecule has 1 saturated heterocycles. The smallest absolute Gasteiger partial charge is 0.119 e.